The molecule has 0 radical (unpaired) electrons. The molecule has 0 saturated heterocycles. The highest BCUT2D eigenvalue weighted by Gasteiger charge is 2.17. The molecule has 4 nitrogen and oxygen atoms in total. The number of carboxylic acids is 1. The molecule has 0 unspecified atom stereocenters. The van der Waals surface area contributed by atoms with Crippen LogP contribution in [0, 0.1) is 5.82 Å². The first-order chi connectivity index (χ1) is 14.5. The molecule has 3 rings (SSSR count). The van der Waals surface area contributed by atoms with E-state index in [0.29, 0.717) is 11.1 Å². The minimum atomic E-state index is -1.02. The van der Waals surface area contributed by atoms with Crippen molar-refractivity contribution in [2.75, 3.05) is 4.90 Å². The number of carbonyl (C=O) groups is 2. The van der Waals surface area contributed by atoms with Gasteiger partial charge in [0.05, 0.1) is 12.1 Å². The molecule has 3 aromatic rings. The lowest BCUT2D eigenvalue weighted by Crippen LogP contribution is -2.29. The Balaban J connectivity index is 1.96. The summed E-state index contributed by atoms with van der Waals surface area (Å²) < 4.78 is 13.4. The molecule has 0 aliphatic heterocycles. The van der Waals surface area contributed by atoms with Crippen LogP contribution in [0.5, 0.6) is 0 Å². The Morgan fingerprint density at radius 3 is 2.50 bits per heavy atom. The van der Waals surface area contributed by atoms with Crippen molar-refractivity contribution >= 4 is 23.6 Å². The van der Waals surface area contributed by atoms with Crippen LogP contribution in [0.15, 0.2) is 78.9 Å². The van der Waals surface area contributed by atoms with Crippen molar-refractivity contribution in [2.24, 2.45) is 0 Å². The second-order valence-electron chi connectivity index (χ2n) is 6.80. The molecule has 1 amide bonds. The second kappa shape index (κ2) is 9.65. The standard InChI is InChI=1S/C25H22FNO3/c1-2-20-9-3-4-12-23(20)27(17-19-8-5-10-21(15-19)25(29)30)24(28)14-13-18-7-6-11-22(26)16-18/h3-16H,2,17H2,1H3,(H,29,30)/b14-13+. The molecule has 0 aromatic heterocycles. The number of aromatic carboxylic acids is 1. The van der Waals surface area contributed by atoms with Gasteiger partial charge < -0.3 is 10.0 Å². The molecule has 152 valence electrons. The molecule has 3 aromatic carbocycles. The third kappa shape index (κ3) is 5.20. The topological polar surface area (TPSA) is 57.6 Å². The summed E-state index contributed by atoms with van der Waals surface area (Å²) in [7, 11) is 0. The van der Waals surface area contributed by atoms with Gasteiger partial charge in [0, 0.05) is 11.8 Å². The number of carboxylic acid groups (broad SMARTS) is 1. The van der Waals surface area contributed by atoms with E-state index in [9.17, 15) is 19.1 Å². The molecule has 1 N–H and O–H groups in total. The summed E-state index contributed by atoms with van der Waals surface area (Å²) in [5.74, 6) is -1.67. The van der Waals surface area contributed by atoms with Gasteiger partial charge in [-0.25, -0.2) is 9.18 Å². The van der Waals surface area contributed by atoms with Gasteiger partial charge in [-0.3, -0.25) is 4.79 Å². The van der Waals surface area contributed by atoms with Crippen molar-refractivity contribution in [3.05, 3.63) is 107 Å². The number of nitrogens with zero attached hydrogens (tertiary/aromatic N) is 1. The second-order valence-corrected chi connectivity index (χ2v) is 6.80. The molecule has 0 fully saturated rings. The zero-order valence-corrected chi connectivity index (χ0v) is 16.6. The van der Waals surface area contributed by atoms with E-state index in [1.54, 1.807) is 41.3 Å². The Morgan fingerprint density at radius 1 is 1.00 bits per heavy atom. The van der Waals surface area contributed by atoms with Crippen LogP contribution in [0.1, 0.15) is 34.0 Å². The predicted octanol–water partition coefficient (Wildman–Crippen LogP) is 5.33. The summed E-state index contributed by atoms with van der Waals surface area (Å²) in [5, 5.41) is 9.26. The summed E-state index contributed by atoms with van der Waals surface area (Å²) in [6.07, 6.45) is 3.71. The Kier molecular flexibility index (Phi) is 6.75. The Bertz CT molecular complexity index is 1090. The van der Waals surface area contributed by atoms with E-state index in [1.807, 2.05) is 31.2 Å². The molecular weight excluding hydrogens is 381 g/mol. The maximum atomic E-state index is 13.4. The van der Waals surface area contributed by atoms with Crippen LogP contribution in [-0.2, 0) is 17.8 Å². The van der Waals surface area contributed by atoms with Gasteiger partial charge >= 0.3 is 5.97 Å². The molecule has 0 spiro atoms. The van der Waals surface area contributed by atoms with Gasteiger partial charge in [-0.05, 0) is 59.5 Å². The number of aryl methyl sites for hydroxylation is 1. The van der Waals surface area contributed by atoms with Crippen LogP contribution in [0.25, 0.3) is 6.08 Å². The number of amides is 1. The van der Waals surface area contributed by atoms with Crippen LogP contribution in [0.2, 0.25) is 0 Å². The predicted molar refractivity (Wildman–Crippen MR) is 116 cm³/mol. The number of anilines is 1. The van der Waals surface area contributed by atoms with Gasteiger partial charge in [0.25, 0.3) is 5.91 Å². The fourth-order valence-electron chi connectivity index (χ4n) is 3.21. The van der Waals surface area contributed by atoms with E-state index < -0.39 is 5.97 Å². The average molecular weight is 403 g/mol. The van der Waals surface area contributed by atoms with Crippen LogP contribution in [0.4, 0.5) is 10.1 Å². The quantitative estimate of drug-likeness (QED) is 0.542. The third-order valence-electron chi connectivity index (χ3n) is 4.71. The van der Waals surface area contributed by atoms with Crippen LogP contribution in [0.3, 0.4) is 0 Å². The van der Waals surface area contributed by atoms with Crippen molar-refractivity contribution in [3.8, 4) is 0 Å². The number of hydrogen-bond acceptors (Lipinski definition) is 2. The highest BCUT2D eigenvalue weighted by molar-refractivity contribution is 6.04. The monoisotopic (exact) mass is 403 g/mol. The van der Waals surface area contributed by atoms with Crippen LogP contribution >= 0.6 is 0 Å². The van der Waals surface area contributed by atoms with E-state index >= 15 is 0 Å². The van der Waals surface area contributed by atoms with E-state index in [1.165, 1.54) is 24.3 Å². The SMILES string of the molecule is CCc1ccccc1N(Cc1cccc(C(=O)O)c1)C(=O)/C=C/c1cccc(F)c1. The smallest absolute Gasteiger partial charge is 0.335 e. The molecule has 30 heavy (non-hydrogen) atoms. The van der Waals surface area contributed by atoms with Gasteiger partial charge in [-0.2, -0.15) is 0 Å². The van der Waals surface area contributed by atoms with E-state index in [2.05, 4.69) is 0 Å². The van der Waals surface area contributed by atoms with Crippen molar-refractivity contribution in [3.63, 3.8) is 0 Å². The van der Waals surface area contributed by atoms with Crippen molar-refractivity contribution in [2.45, 2.75) is 19.9 Å². The minimum Gasteiger partial charge on any atom is -0.478 e. The number of hydrogen-bond donors (Lipinski definition) is 1. The Morgan fingerprint density at radius 2 is 1.77 bits per heavy atom. The summed E-state index contributed by atoms with van der Waals surface area (Å²) >= 11 is 0. The molecule has 0 aliphatic carbocycles. The number of halogens is 1. The molecule has 5 heteroatoms. The van der Waals surface area contributed by atoms with Gasteiger partial charge in [-0.15, -0.1) is 0 Å². The van der Waals surface area contributed by atoms with Crippen molar-refractivity contribution < 1.29 is 19.1 Å². The molecule has 0 aliphatic rings. The van der Waals surface area contributed by atoms with E-state index in [4.69, 9.17) is 0 Å². The van der Waals surface area contributed by atoms with Crippen LogP contribution < -0.4 is 4.90 Å². The number of rotatable bonds is 7. The zero-order valence-electron chi connectivity index (χ0n) is 16.6. The fraction of sp³-hybridized carbons (Fsp3) is 0.120. The Labute approximate surface area is 174 Å². The first kappa shape index (κ1) is 21.0. The van der Waals surface area contributed by atoms with Gasteiger partial charge in [0.2, 0.25) is 0 Å². The van der Waals surface area contributed by atoms with Gasteiger partial charge in [0.1, 0.15) is 5.82 Å². The Hall–Kier alpha value is -3.73. The van der Waals surface area contributed by atoms with Crippen molar-refractivity contribution in [1.82, 2.24) is 0 Å². The van der Waals surface area contributed by atoms with Crippen LogP contribution in [-0.4, -0.2) is 17.0 Å². The van der Waals surface area contributed by atoms with Gasteiger partial charge in [-0.1, -0.05) is 49.4 Å². The van der Waals surface area contributed by atoms with E-state index in [0.717, 1.165) is 17.7 Å². The number of para-hydroxylation sites is 1. The molecule has 0 saturated carbocycles. The normalized spacial score (nSPS) is 10.9. The molecular formula is C25H22FNO3. The summed E-state index contributed by atoms with van der Waals surface area (Å²) in [6.45, 7) is 2.22. The number of carbonyl (C=O) groups excluding carboxylic acids is 1. The highest BCUT2D eigenvalue weighted by Crippen LogP contribution is 2.24. The molecule has 0 heterocycles. The van der Waals surface area contributed by atoms with E-state index in [-0.39, 0.29) is 23.8 Å². The van der Waals surface area contributed by atoms with Gasteiger partial charge in [0.15, 0.2) is 0 Å². The lowest BCUT2D eigenvalue weighted by atomic mass is 10.1. The first-order valence-electron chi connectivity index (χ1n) is 9.63. The largest absolute Gasteiger partial charge is 0.478 e. The first-order valence-corrected chi connectivity index (χ1v) is 9.63. The summed E-state index contributed by atoms with van der Waals surface area (Å²) in [6, 6.07) is 20.1. The maximum Gasteiger partial charge on any atom is 0.335 e. The lowest BCUT2D eigenvalue weighted by Gasteiger charge is -2.24. The average Bonchev–Trinajstić information content (AvgIpc) is 2.76. The minimum absolute atomic E-state index is 0.166. The number of benzene rings is 3. The molecule has 0 bridgehead atoms. The molecule has 0 atom stereocenters. The summed E-state index contributed by atoms with van der Waals surface area (Å²) in [4.78, 5) is 26.0. The lowest BCUT2D eigenvalue weighted by molar-refractivity contribution is -0.114. The highest BCUT2D eigenvalue weighted by atomic mass is 19.1. The zero-order chi connectivity index (χ0) is 21.5. The summed E-state index contributed by atoms with van der Waals surface area (Å²) in [5.41, 5.74) is 3.21. The van der Waals surface area contributed by atoms with Crippen molar-refractivity contribution in [1.29, 1.82) is 0 Å². The fourth-order valence-corrected chi connectivity index (χ4v) is 3.21. The maximum absolute atomic E-state index is 13.4. The third-order valence-corrected chi connectivity index (χ3v) is 4.71.